The zero-order valence-electron chi connectivity index (χ0n) is 15.2. The van der Waals surface area contributed by atoms with Gasteiger partial charge in [0.15, 0.2) is 10.8 Å². The van der Waals surface area contributed by atoms with Gasteiger partial charge in [0.1, 0.15) is 5.82 Å². The number of benzene rings is 1. The van der Waals surface area contributed by atoms with Gasteiger partial charge in [-0.3, -0.25) is 4.79 Å². The van der Waals surface area contributed by atoms with Crippen molar-refractivity contribution in [1.29, 1.82) is 0 Å². The van der Waals surface area contributed by atoms with Crippen molar-refractivity contribution in [3.8, 4) is 0 Å². The Bertz CT molecular complexity index is 911. The predicted octanol–water partition coefficient (Wildman–Crippen LogP) is 2.61. The third kappa shape index (κ3) is 4.13. The van der Waals surface area contributed by atoms with Gasteiger partial charge >= 0.3 is 0 Å². The first-order chi connectivity index (χ1) is 12.6. The number of aromatic nitrogens is 4. The minimum Gasteiger partial charge on any atom is -0.382 e. The van der Waals surface area contributed by atoms with E-state index in [1.54, 1.807) is 4.52 Å². The van der Waals surface area contributed by atoms with E-state index in [4.69, 9.17) is 4.74 Å². The lowest BCUT2D eigenvalue weighted by molar-refractivity contribution is -0.120. The van der Waals surface area contributed by atoms with Crippen LogP contribution in [0.2, 0.25) is 0 Å². The third-order valence-electron chi connectivity index (χ3n) is 3.88. The normalized spacial score (nSPS) is 12.6. The van der Waals surface area contributed by atoms with Crippen molar-refractivity contribution >= 4 is 34.2 Å². The van der Waals surface area contributed by atoms with E-state index < -0.39 is 0 Å². The minimum atomic E-state index is -0.288. The number of thioether (sulfide) groups is 1. The summed E-state index contributed by atoms with van der Waals surface area (Å²) >= 11 is 1.38. The Morgan fingerprint density at radius 3 is 2.96 bits per heavy atom. The fraction of sp³-hybridized carbons (Fsp3) is 0.444. The van der Waals surface area contributed by atoms with Crippen LogP contribution in [0.25, 0.3) is 16.6 Å². The SMILES string of the molecule is CCOCCCNC(=O)[C@H](C)Sc1nc2ccccc2c2nc(C)nn12. The number of nitrogens with one attached hydrogen (secondary N) is 1. The molecule has 7 nitrogen and oxygen atoms in total. The summed E-state index contributed by atoms with van der Waals surface area (Å²) in [5.74, 6) is 0.657. The van der Waals surface area contributed by atoms with Gasteiger partial charge in [-0.15, -0.1) is 5.10 Å². The quantitative estimate of drug-likeness (QED) is 0.371. The molecule has 0 saturated carbocycles. The van der Waals surface area contributed by atoms with Crippen molar-refractivity contribution in [2.24, 2.45) is 0 Å². The van der Waals surface area contributed by atoms with Crippen molar-refractivity contribution in [3.05, 3.63) is 30.1 Å². The van der Waals surface area contributed by atoms with Gasteiger partial charge in [0, 0.05) is 25.1 Å². The highest BCUT2D eigenvalue weighted by Crippen LogP contribution is 2.26. The molecular weight excluding hydrogens is 350 g/mol. The molecule has 0 unspecified atom stereocenters. The average molecular weight is 373 g/mol. The van der Waals surface area contributed by atoms with Crippen LogP contribution in [0.3, 0.4) is 0 Å². The summed E-state index contributed by atoms with van der Waals surface area (Å²) in [7, 11) is 0. The van der Waals surface area contributed by atoms with Gasteiger partial charge < -0.3 is 10.1 Å². The van der Waals surface area contributed by atoms with Crippen molar-refractivity contribution in [2.75, 3.05) is 19.8 Å². The van der Waals surface area contributed by atoms with E-state index in [2.05, 4.69) is 20.4 Å². The maximum absolute atomic E-state index is 12.3. The molecule has 0 fully saturated rings. The molecule has 1 amide bonds. The number of fused-ring (bicyclic) bond motifs is 3. The monoisotopic (exact) mass is 373 g/mol. The first-order valence-electron chi connectivity index (χ1n) is 8.74. The lowest BCUT2D eigenvalue weighted by Gasteiger charge is -2.12. The highest BCUT2D eigenvalue weighted by Gasteiger charge is 2.19. The Hall–Kier alpha value is -2.19. The molecule has 8 heteroatoms. The Morgan fingerprint density at radius 2 is 2.15 bits per heavy atom. The zero-order chi connectivity index (χ0) is 18.5. The van der Waals surface area contributed by atoms with Gasteiger partial charge in [-0.1, -0.05) is 23.9 Å². The van der Waals surface area contributed by atoms with Gasteiger partial charge in [-0.05, 0) is 39.3 Å². The molecule has 138 valence electrons. The van der Waals surface area contributed by atoms with Crippen LogP contribution in [-0.2, 0) is 9.53 Å². The second-order valence-corrected chi connectivity index (χ2v) is 7.22. The van der Waals surface area contributed by atoms with Crippen LogP contribution in [0.15, 0.2) is 29.4 Å². The molecule has 1 aromatic carbocycles. The number of hydrogen-bond donors (Lipinski definition) is 1. The van der Waals surface area contributed by atoms with Gasteiger partial charge in [0.25, 0.3) is 0 Å². The molecule has 1 atom stereocenters. The first-order valence-corrected chi connectivity index (χ1v) is 9.62. The number of para-hydroxylation sites is 1. The van der Waals surface area contributed by atoms with Crippen molar-refractivity contribution in [1.82, 2.24) is 24.9 Å². The smallest absolute Gasteiger partial charge is 0.233 e. The topological polar surface area (TPSA) is 81.4 Å². The summed E-state index contributed by atoms with van der Waals surface area (Å²) in [5, 5.41) is 8.71. The number of nitrogens with zero attached hydrogens (tertiary/aromatic N) is 4. The molecule has 0 bridgehead atoms. The van der Waals surface area contributed by atoms with E-state index in [0.717, 1.165) is 23.0 Å². The van der Waals surface area contributed by atoms with Crippen LogP contribution < -0.4 is 5.32 Å². The summed E-state index contributed by atoms with van der Waals surface area (Å²) in [6, 6.07) is 7.83. The molecule has 26 heavy (non-hydrogen) atoms. The number of ether oxygens (including phenoxy) is 1. The average Bonchev–Trinajstić information content (AvgIpc) is 3.03. The van der Waals surface area contributed by atoms with Gasteiger partial charge in [-0.25, -0.2) is 9.97 Å². The third-order valence-corrected chi connectivity index (χ3v) is 4.92. The molecule has 0 saturated heterocycles. The largest absolute Gasteiger partial charge is 0.382 e. The van der Waals surface area contributed by atoms with Gasteiger partial charge in [-0.2, -0.15) is 4.52 Å². The fourth-order valence-corrected chi connectivity index (χ4v) is 3.48. The van der Waals surface area contributed by atoms with Crippen molar-refractivity contribution in [3.63, 3.8) is 0 Å². The van der Waals surface area contributed by atoms with E-state index >= 15 is 0 Å². The highest BCUT2D eigenvalue weighted by atomic mass is 32.2. The number of carbonyl (C=O) groups is 1. The maximum atomic E-state index is 12.3. The van der Waals surface area contributed by atoms with E-state index in [1.807, 2.05) is 45.0 Å². The summed E-state index contributed by atoms with van der Waals surface area (Å²) in [5.41, 5.74) is 1.61. The van der Waals surface area contributed by atoms with E-state index in [1.165, 1.54) is 11.8 Å². The Balaban J connectivity index is 1.76. The summed E-state index contributed by atoms with van der Waals surface area (Å²) in [6.45, 7) is 7.64. The first kappa shape index (κ1) is 18.6. The second kappa shape index (κ2) is 8.46. The molecule has 0 aliphatic heterocycles. The van der Waals surface area contributed by atoms with Crippen LogP contribution in [0.1, 0.15) is 26.1 Å². The number of carbonyl (C=O) groups excluding carboxylic acids is 1. The van der Waals surface area contributed by atoms with E-state index in [0.29, 0.717) is 30.7 Å². The molecule has 0 spiro atoms. The number of amides is 1. The summed E-state index contributed by atoms with van der Waals surface area (Å²) < 4.78 is 7.00. The molecule has 1 N–H and O–H groups in total. The lowest BCUT2D eigenvalue weighted by Crippen LogP contribution is -2.32. The fourth-order valence-electron chi connectivity index (χ4n) is 2.60. The Labute approximate surface area is 156 Å². The zero-order valence-corrected chi connectivity index (χ0v) is 16.0. The van der Waals surface area contributed by atoms with Crippen molar-refractivity contribution in [2.45, 2.75) is 37.6 Å². The second-order valence-electron chi connectivity index (χ2n) is 5.91. The summed E-state index contributed by atoms with van der Waals surface area (Å²) in [6.07, 6.45) is 0.803. The van der Waals surface area contributed by atoms with Crippen LogP contribution in [0.4, 0.5) is 0 Å². The molecule has 0 aliphatic carbocycles. The lowest BCUT2D eigenvalue weighted by atomic mass is 10.2. The van der Waals surface area contributed by atoms with E-state index in [-0.39, 0.29) is 11.2 Å². The number of aryl methyl sites for hydroxylation is 1. The molecule has 3 rings (SSSR count). The molecule has 3 aromatic rings. The van der Waals surface area contributed by atoms with Crippen molar-refractivity contribution < 1.29 is 9.53 Å². The molecule has 0 radical (unpaired) electrons. The number of rotatable bonds is 8. The molecular formula is C18H23N5O2S. The molecule has 2 aromatic heterocycles. The van der Waals surface area contributed by atoms with Gasteiger partial charge in [0.2, 0.25) is 5.91 Å². The number of hydrogen-bond acceptors (Lipinski definition) is 6. The van der Waals surface area contributed by atoms with Crippen LogP contribution in [-0.4, -0.2) is 50.5 Å². The Morgan fingerprint density at radius 1 is 1.35 bits per heavy atom. The Kier molecular flexibility index (Phi) is 6.05. The van der Waals surface area contributed by atoms with Gasteiger partial charge in [0.05, 0.1) is 10.8 Å². The molecule has 2 heterocycles. The summed E-state index contributed by atoms with van der Waals surface area (Å²) in [4.78, 5) is 21.5. The predicted molar refractivity (Wildman–Crippen MR) is 102 cm³/mol. The minimum absolute atomic E-state index is 0.0218. The van der Waals surface area contributed by atoms with E-state index in [9.17, 15) is 4.79 Å². The van der Waals surface area contributed by atoms with Crippen LogP contribution in [0, 0.1) is 6.92 Å². The standard InChI is InChI=1S/C18H23N5O2S/c1-4-25-11-7-10-19-17(24)12(2)26-18-21-15-9-6-5-8-14(15)16-20-13(3)22-23(16)18/h5-6,8-9,12H,4,7,10-11H2,1-3H3,(H,19,24)/t12-/m0/s1. The maximum Gasteiger partial charge on any atom is 0.233 e. The van der Waals surface area contributed by atoms with Crippen LogP contribution >= 0.6 is 11.8 Å². The highest BCUT2D eigenvalue weighted by molar-refractivity contribution is 8.00. The van der Waals surface area contributed by atoms with Crippen LogP contribution in [0.5, 0.6) is 0 Å². The molecule has 0 aliphatic rings.